The van der Waals surface area contributed by atoms with Crippen molar-refractivity contribution in [2.24, 2.45) is 28.7 Å². The third kappa shape index (κ3) is 2.83. The van der Waals surface area contributed by atoms with E-state index in [9.17, 15) is 9.59 Å². The van der Waals surface area contributed by atoms with Gasteiger partial charge >= 0.3 is 12.1 Å². The highest BCUT2D eigenvalue weighted by Gasteiger charge is 2.08. The first kappa shape index (κ1) is 13.3. The molecule has 0 aliphatic rings. The van der Waals surface area contributed by atoms with Crippen LogP contribution in [0.3, 0.4) is 0 Å². The third-order valence-electron chi connectivity index (χ3n) is 2.58. The van der Waals surface area contributed by atoms with Crippen LogP contribution in [0.1, 0.15) is 0 Å². The Morgan fingerprint density at radius 3 is 2.70 bits per heavy atom. The van der Waals surface area contributed by atoms with Crippen LogP contribution < -0.4 is 22.3 Å². The minimum atomic E-state index is -0.911. The second-order valence-electron chi connectivity index (χ2n) is 4.01. The van der Waals surface area contributed by atoms with Gasteiger partial charge in [0.25, 0.3) is 0 Å². The Labute approximate surface area is 113 Å². The molecule has 0 saturated carbocycles. The molecule has 0 spiro atoms. The van der Waals surface area contributed by atoms with Crippen molar-refractivity contribution in [1.29, 1.82) is 0 Å². The number of amides is 4. The quantitative estimate of drug-likeness (QED) is 0.496. The maximum absolute atomic E-state index is 10.7. The Balaban J connectivity index is 2.47. The first-order valence-electron chi connectivity index (χ1n) is 5.59. The second kappa shape index (κ2) is 5.26. The Morgan fingerprint density at radius 1 is 1.30 bits per heavy atom. The molecular formula is C11H13N7O2. The zero-order valence-corrected chi connectivity index (χ0v) is 10.6. The van der Waals surface area contributed by atoms with E-state index in [0.717, 1.165) is 10.9 Å². The van der Waals surface area contributed by atoms with Crippen LogP contribution in [0.25, 0.3) is 10.9 Å². The minimum absolute atomic E-state index is 0.340. The number of hydrogen-bond donors (Lipinski definition) is 4. The van der Waals surface area contributed by atoms with E-state index in [4.69, 9.17) is 11.5 Å². The van der Waals surface area contributed by atoms with Gasteiger partial charge < -0.3 is 16.0 Å². The number of carbonyl (C=O) groups excluding carboxylic acids is 2. The second-order valence-corrected chi connectivity index (χ2v) is 4.01. The van der Waals surface area contributed by atoms with Crippen molar-refractivity contribution in [2.75, 3.05) is 5.43 Å². The van der Waals surface area contributed by atoms with Crippen molar-refractivity contribution < 1.29 is 9.59 Å². The summed E-state index contributed by atoms with van der Waals surface area (Å²) in [5.41, 5.74) is 16.4. The number of rotatable bonds is 3. The molecule has 4 amide bonds. The molecule has 6 N–H and O–H groups in total. The summed E-state index contributed by atoms with van der Waals surface area (Å²) in [6.07, 6.45) is 1.87. The molecule has 0 radical (unpaired) electrons. The van der Waals surface area contributed by atoms with E-state index >= 15 is 0 Å². The molecule has 9 heteroatoms. The van der Waals surface area contributed by atoms with Crippen LogP contribution in [0.15, 0.2) is 34.6 Å². The smallest absolute Gasteiger partial charge is 0.350 e. The average molecular weight is 275 g/mol. The van der Waals surface area contributed by atoms with Crippen molar-refractivity contribution in [3.8, 4) is 0 Å². The maximum atomic E-state index is 10.7. The highest BCUT2D eigenvalue weighted by Crippen LogP contribution is 2.31. The van der Waals surface area contributed by atoms with Gasteiger partial charge in [0.2, 0.25) is 0 Å². The van der Waals surface area contributed by atoms with Crippen LogP contribution in [0.4, 0.5) is 21.0 Å². The van der Waals surface area contributed by atoms with Gasteiger partial charge in [0, 0.05) is 18.6 Å². The lowest BCUT2D eigenvalue weighted by molar-refractivity contribution is 0.250. The fourth-order valence-corrected chi connectivity index (χ4v) is 1.72. The lowest BCUT2D eigenvalue weighted by Gasteiger charge is -2.09. The monoisotopic (exact) mass is 275 g/mol. The number of urea groups is 2. The highest BCUT2D eigenvalue weighted by atomic mass is 16.2. The van der Waals surface area contributed by atoms with Gasteiger partial charge in [-0.05, 0) is 18.2 Å². The van der Waals surface area contributed by atoms with Crippen LogP contribution in [0.5, 0.6) is 0 Å². The van der Waals surface area contributed by atoms with E-state index < -0.39 is 12.1 Å². The standard InChI is InChI=1S/C11H13N7O2/c1-18-3-2-6-4-7(14-16-10(12)19)8(5-9(6)18)15-17-11(13)20/h2-5,14H,1H3,(H2,13,20)(H3,12,16,19). The van der Waals surface area contributed by atoms with Gasteiger partial charge in [0.05, 0.1) is 11.2 Å². The summed E-state index contributed by atoms with van der Waals surface area (Å²) in [6, 6.07) is 3.66. The molecule has 1 heterocycles. The molecule has 20 heavy (non-hydrogen) atoms. The topological polar surface area (TPSA) is 140 Å². The minimum Gasteiger partial charge on any atom is -0.350 e. The molecule has 1 aromatic heterocycles. The zero-order valence-electron chi connectivity index (χ0n) is 10.6. The van der Waals surface area contributed by atoms with Crippen LogP contribution in [-0.2, 0) is 7.05 Å². The van der Waals surface area contributed by atoms with Gasteiger partial charge in [-0.2, -0.15) is 0 Å². The molecule has 2 rings (SSSR count). The van der Waals surface area contributed by atoms with Gasteiger partial charge in [-0.1, -0.05) is 5.11 Å². The lowest BCUT2D eigenvalue weighted by Crippen LogP contribution is -2.34. The highest BCUT2D eigenvalue weighted by molar-refractivity contribution is 5.90. The number of carbonyl (C=O) groups is 2. The molecule has 0 aliphatic carbocycles. The summed E-state index contributed by atoms with van der Waals surface area (Å²) in [5, 5.41) is 7.93. The molecule has 2 aromatic rings. The van der Waals surface area contributed by atoms with Gasteiger partial charge in [0.1, 0.15) is 5.69 Å². The molecule has 0 saturated heterocycles. The van der Waals surface area contributed by atoms with Gasteiger partial charge in [0.15, 0.2) is 0 Å². The average Bonchev–Trinajstić information content (AvgIpc) is 2.74. The van der Waals surface area contributed by atoms with Gasteiger partial charge in [-0.15, -0.1) is 5.11 Å². The Morgan fingerprint density at radius 2 is 2.05 bits per heavy atom. The van der Waals surface area contributed by atoms with Crippen molar-refractivity contribution >= 4 is 34.3 Å². The number of aromatic nitrogens is 1. The zero-order chi connectivity index (χ0) is 14.7. The number of fused-ring (bicyclic) bond motifs is 1. The molecular weight excluding hydrogens is 262 g/mol. The predicted octanol–water partition coefficient (Wildman–Crippen LogP) is 1.34. The SMILES string of the molecule is Cn1ccc2cc(NNC(N)=O)c(N=NC(N)=O)cc21. The number of benzene rings is 1. The molecule has 0 unspecified atom stereocenters. The molecule has 0 fully saturated rings. The van der Waals surface area contributed by atoms with E-state index in [-0.39, 0.29) is 0 Å². The van der Waals surface area contributed by atoms with Crippen molar-refractivity contribution in [2.45, 2.75) is 0 Å². The van der Waals surface area contributed by atoms with E-state index in [2.05, 4.69) is 21.1 Å². The summed E-state index contributed by atoms with van der Waals surface area (Å²) in [6.45, 7) is 0. The van der Waals surface area contributed by atoms with Crippen LogP contribution in [0, 0.1) is 0 Å². The molecule has 1 aromatic carbocycles. The largest absolute Gasteiger partial charge is 0.356 e. The molecule has 0 bridgehead atoms. The molecule has 0 atom stereocenters. The maximum Gasteiger partial charge on any atom is 0.356 e. The van der Waals surface area contributed by atoms with Gasteiger partial charge in [-0.3, -0.25) is 10.9 Å². The number of anilines is 1. The summed E-state index contributed by atoms with van der Waals surface area (Å²) in [7, 11) is 1.87. The summed E-state index contributed by atoms with van der Waals surface area (Å²) < 4.78 is 1.88. The van der Waals surface area contributed by atoms with E-state index in [1.54, 1.807) is 12.1 Å². The number of nitrogens with zero attached hydrogens (tertiary/aromatic N) is 3. The number of aryl methyl sites for hydroxylation is 1. The summed E-state index contributed by atoms with van der Waals surface area (Å²) in [4.78, 5) is 21.4. The number of primary amides is 2. The fourth-order valence-electron chi connectivity index (χ4n) is 1.72. The van der Waals surface area contributed by atoms with E-state index in [1.165, 1.54) is 0 Å². The third-order valence-corrected chi connectivity index (χ3v) is 2.58. The molecule has 0 aliphatic heterocycles. The number of hydrogen-bond acceptors (Lipinski definition) is 4. The van der Waals surface area contributed by atoms with Crippen LogP contribution >= 0.6 is 0 Å². The van der Waals surface area contributed by atoms with E-state index in [0.29, 0.717) is 11.4 Å². The van der Waals surface area contributed by atoms with Crippen molar-refractivity contribution in [1.82, 2.24) is 9.99 Å². The van der Waals surface area contributed by atoms with Crippen LogP contribution in [-0.4, -0.2) is 16.6 Å². The van der Waals surface area contributed by atoms with Crippen molar-refractivity contribution in [3.05, 3.63) is 24.4 Å². The summed E-state index contributed by atoms with van der Waals surface area (Å²) >= 11 is 0. The predicted molar refractivity (Wildman–Crippen MR) is 73.4 cm³/mol. The number of nitrogens with one attached hydrogen (secondary N) is 2. The number of hydrazine groups is 1. The first-order chi connectivity index (χ1) is 9.47. The Bertz CT molecular complexity index is 704. The molecule has 104 valence electrons. The number of azo groups is 1. The van der Waals surface area contributed by atoms with Crippen LogP contribution in [0.2, 0.25) is 0 Å². The van der Waals surface area contributed by atoms with Crippen molar-refractivity contribution in [3.63, 3.8) is 0 Å². The van der Waals surface area contributed by atoms with E-state index in [1.807, 2.05) is 23.9 Å². The molecule has 9 nitrogen and oxygen atoms in total. The first-order valence-corrected chi connectivity index (χ1v) is 5.59. The Kier molecular flexibility index (Phi) is 3.51. The normalized spacial score (nSPS) is 10.8. The number of nitrogens with two attached hydrogens (primary N) is 2. The fraction of sp³-hybridized carbons (Fsp3) is 0.0909. The Hall–Kier alpha value is -3.10. The van der Waals surface area contributed by atoms with Gasteiger partial charge in [-0.25, -0.2) is 9.59 Å². The lowest BCUT2D eigenvalue weighted by atomic mass is 10.2. The summed E-state index contributed by atoms with van der Waals surface area (Å²) in [5.74, 6) is 0.